The second-order valence-electron chi connectivity index (χ2n) is 5.74. The predicted octanol–water partition coefficient (Wildman–Crippen LogP) is 1.49. The first kappa shape index (κ1) is 16.4. The lowest BCUT2D eigenvalue weighted by atomic mass is 9.97. The van der Waals surface area contributed by atoms with Gasteiger partial charge in [0.15, 0.2) is 0 Å². The average Bonchev–Trinajstić information content (AvgIpc) is 2.48. The summed E-state index contributed by atoms with van der Waals surface area (Å²) in [5, 5.41) is 9.03. The number of hydrogen-bond acceptors (Lipinski definition) is 4. The van der Waals surface area contributed by atoms with Crippen molar-refractivity contribution in [1.82, 2.24) is 4.31 Å². The Bertz CT molecular complexity index is 553. The number of aliphatic hydroxyl groups is 1. The van der Waals surface area contributed by atoms with Gasteiger partial charge in [0.25, 0.3) is 0 Å². The second-order valence-corrected chi connectivity index (χ2v) is 7.68. The number of sulfonamides is 1. The summed E-state index contributed by atoms with van der Waals surface area (Å²) in [5.74, 6) is 0.252. The molecule has 1 saturated heterocycles. The van der Waals surface area contributed by atoms with Crippen molar-refractivity contribution in [3.05, 3.63) is 29.8 Å². The molecule has 1 heterocycles. The fraction of sp³-hybridized carbons (Fsp3) is 0.600. The number of aliphatic hydroxyl groups excluding tert-OH is 1. The highest BCUT2D eigenvalue weighted by Gasteiger charge is 2.29. The third kappa shape index (κ3) is 3.83. The molecule has 21 heavy (non-hydrogen) atoms. The summed E-state index contributed by atoms with van der Waals surface area (Å²) >= 11 is 0. The monoisotopic (exact) mass is 312 g/mol. The van der Waals surface area contributed by atoms with Crippen LogP contribution in [0.15, 0.2) is 29.2 Å². The molecule has 0 radical (unpaired) electrons. The van der Waals surface area contributed by atoms with Crippen LogP contribution in [0.3, 0.4) is 0 Å². The normalized spacial score (nSPS) is 22.1. The molecule has 1 aliphatic rings. The van der Waals surface area contributed by atoms with Crippen LogP contribution in [0, 0.1) is 5.92 Å². The van der Waals surface area contributed by atoms with Crippen LogP contribution >= 0.6 is 0 Å². The number of hydrogen-bond donors (Lipinski definition) is 2. The largest absolute Gasteiger partial charge is 0.396 e. The van der Waals surface area contributed by atoms with Crippen LogP contribution in [0.2, 0.25) is 0 Å². The molecule has 1 aliphatic heterocycles. The Morgan fingerprint density at radius 3 is 2.62 bits per heavy atom. The van der Waals surface area contributed by atoms with Crippen molar-refractivity contribution in [2.75, 3.05) is 19.7 Å². The maximum atomic E-state index is 12.7. The van der Waals surface area contributed by atoms with Gasteiger partial charge in [0, 0.05) is 25.7 Å². The van der Waals surface area contributed by atoms with Crippen molar-refractivity contribution in [3.8, 4) is 0 Å². The van der Waals surface area contributed by atoms with Crippen molar-refractivity contribution in [2.45, 2.75) is 37.1 Å². The summed E-state index contributed by atoms with van der Waals surface area (Å²) in [5.41, 5.74) is 6.71. The number of rotatable bonds is 5. The van der Waals surface area contributed by atoms with Gasteiger partial charge in [0.05, 0.1) is 4.90 Å². The minimum atomic E-state index is -3.44. The summed E-state index contributed by atoms with van der Waals surface area (Å²) in [6.07, 6.45) is 2.49. The van der Waals surface area contributed by atoms with E-state index in [4.69, 9.17) is 10.8 Å². The molecule has 2 rings (SSSR count). The second kappa shape index (κ2) is 6.87. The first-order valence-electron chi connectivity index (χ1n) is 7.41. The molecule has 0 bridgehead atoms. The molecule has 0 aliphatic carbocycles. The summed E-state index contributed by atoms with van der Waals surface area (Å²) in [6, 6.07) is 6.69. The third-order valence-electron chi connectivity index (χ3n) is 4.06. The molecule has 118 valence electrons. The number of piperidine rings is 1. The van der Waals surface area contributed by atoms with Gasteiger partial charge in [-0.2, -0.15) is 4.31 Å². The van der Waals surface area contributed by atoms with Crippen LogP contribution in [-0.2, 0) is 10.0 Å². The molecule has 6 heteroatoms. The first-order chi connectivity index (χ1) is 9.95. The van der Waals surface area contributed by atoms with Crippen LogP contribution in [0.4, 0.5) is 0 Å². The summed E-state index contributed by atoms with van der Waals surface area (Å²) in [6.45, 7) is 3.03. The van der Waals surface area contributed by atoms with Gasteiger partial charge in [-0.3, -0.25) is 0 Å². The smallest absolute Gasteiger partial charge is 0.243 e. The van der Waals surface area contributed by atoms with E-state index in [-0.39, 0.29) is 18.6 Å². The SMILES string of the molecule is CC(N)c1ccc(S(=O)(=O)N2CCCC(CCO)C2)cc1. The molecule has 2 atom stereocenters. The van der Waals surface area contributed by atoms with E-state index in [1.54, 1.807) is 24.3 Å². The topological polar surface area (TPSA) is 83.6 Å². The van der Waals surface area contributed by atoms with E-state index in [0.29, 0.717) is 24.4 Å². The molecule has 3 N–H and O–H groups in total. The van der Waals surface area contributed by atoms with E-state index in [1.807, 2.05) is 6.92 Å². The highest BCUT2D eigenvalue weighted by atomic mass is 32.2. The minimum absolute atomic E-state index is 0.106. The van der Waals surface area contributed by atoms with Crippen molar-refractivity contribution in [3.63, 3.8) is 0 Å². The van der Waals surface area contributed by atoms with Gasteiger partial charge in [0.2, 0.25) is 10.0 Å². The Labute approximate surface area is 126 Å². The zero-order valence-electron chi connectivity index (χ0n) is 12.4. The minimum Gasteiger partial charge on any atom is -0.396 e. The summed E-state index contributed by atoms with van der Waals surface area (Å²) in [7, 11) is -3.44. The van der Waals surface area contributed by atoms with Crippen LogP contribution in [0.25, 0.3) is 0 Å². The molecule has 0 aromatic heterocycles. The zero-order valence-corrected chi connectivity index (χ0v) is 13.2. The van der Waals surface area contributed by atoms with Crippen LogP contribution in [0.1, 0.15) is 37.8 Å². The fourth-order valence-corrected chi connectivity index (χ4v) is 4.31. The van der Waals surface area contributed by atoms with Gasteiger partial charge in [-0.05, 0) is 49.8 Å². The standard InChI is InChI=1S/C15H24N2O3S/c1-12(16)14-4-6-15(7-5-14)21(19,20)17-9-2-3-13(11-17)8-10-18/h4-7,12-13,18H,2-3,8-11,16H2,1H3. The molecule has 2 unspecified atom stereocenters. The molecule has 0 saturated carbocycles. The van der Waals surface area contributed by atoms with E-state index >= 15 is 0 Å². The highest BCUT2D eigenvalue weighted by molar-refractivity contribution is 7.89. The lowest BCUT2D eigenvalue weighted by Gasteiger charge is -2.31. The Balaban J connectivity index is 2.17. The molecular weight excluding hydrogens is 288 g/mol. The number of nitrogens with two attached hydrogens (primary N) is 1. The third-order valence-corrected chi connectivity index (χ3v) is 5.94. The van der Waals surface area contributed by atoms with Crippen LogP contribution < -0.4 is 5.73 Å². The Morgan fingerprint density at radius 2 is 2.05 bits per heavy atom. The van der Waals surface area contributed by atoms with Crippen molar-refractivity contribution < 1.29 is 13.5 Å². The number of nitrogens with zero attached hydrogens (tertiary/aromatic N) is 1. The Morgan fingerprint density at radius 1 is 1.38 bits per heavy atom. The summed E-state index contributed by atoms with van der Waals surface area (Å²) in [4.78, 5) is 0.316. The molecule has 0 amide bonds. The molecule has 0 spiro atoms. The van der Waals surface area contributed by atoms with E-state index in [9.17, 15) is 8.42 Å². The van der Waals surface area contributed by atoms with E-state index < -0.39 is 10.0 Å². The lowest BCUT2D eigenvalue weighted by molar-refractivity contribution is 0.203. The van der Waals surface area contributed by atoms with Gasteiger partial charge in [-0.1, -0.05) is 12.1 Å². The molecule has 1 fully saturated rings. The zero-order chi connectivity index (χ0) is 15.5. The highest BCUT2D eigenvalue weighted by Crippen LogP contribution is 2.25. The van der Waals surface area contributed by atoms with Crippen molar-refractivity contribution >= 4 is 10.0 Å². The Hall–Kier alpha value is -0.950. The molecular formula is C15H24N2O3S. The quantitative estimate of drug-likeness (QED) is 0.863. The van der Waals surface area contributed by atoms with Crippen LogP contribution in [0.5, 0.6) is 0 Å². The van der Waals surface area contributed by atoms with Crippen molar-refractivity contribution in [1.29, 1.82) is 0 Å². The summed E-state index contributed by atoms with van der Waals surface area (Å²) < 4.78 is 26.8. The maximum absolute atomic E-state index is 12.7. The van der Waals surface area contributed by atoms with Gasteiger partial charge < -0.3 is 10.8 Å². The maximum Gasteiger partial charge on any atom is 0.243 e. The van der Waals surface area contributed by atoms with Gasteiger partial charge >= 0.3 is 0 Å². The fourth-order valence-electron chi connectivity index (χ4n) is 2.76. The first-order valence-corrected chi connectivity index (χ1v) is 8.85. The lowest BCUT2D eigenvalue weighted by Crippen LogP contribution is -2.40. The predicted molar refractivity (Wildman–Crippen MR) is 82.2 cm³/mol. The van der Waals surface area contributed by atoms with Gasteiger partial charge in [-0.15, -0.1) is 0 Å². The molecule has 1 aromatic rings. The Kier molecular flexibility index (Phi) is 5.37. The number of benzene rings is 1. The van der Waals surface area contributed by atoms with Gasteiger partial charge in [-0.25, -0.2) is 8.42 Å². The van der Waals surface area contributed by atoms with E-state index in [2.05, 4.69) is 0 Å². The van der Waals surface area contributed by atoms with E-state index in [1.165, 1.54) is 4.31 Å². The van der Waals surface area contributed by atoms with Crippen LogP contribution in [-0.4, -0.2) is 37.5 Å². The molecule has 1 aromatic carbocycles. The molecule has 5 nitrogen and oxygen atoms in total. The van der Waals surface area contributed by atoms with E-state index in [0.717, 1.165) is 18.4 Å². The van der Waals surface area contributed by atoms with Crippen molar-refractivity contribution in [2.24, 2.45) is 11.7 Å². The van der Waals surface area contributed by atoms with Gasteiger partial charge in [0.1, 0.15) is 0 Å². The average molecular weight is 312 g/mol.